The van der Waals surface area contributed by atoms with E-state index < -0.39 is 29.6 Å². The molecule has 1 rings (SSSR count). The third kappa shape index (κ3) is 10.5. The molecule has 9 nitrogen and oxygen atoms in total. The van der Waals surface area contributed by atoms with Gasteiger partial charge >= 0.3 is 12.1 Å². The second kappa shape index (κ2) is 10.8. The highest BCUT2D eigenvalue weighted by atomic mass is 16.6. The Morgan fingerprint density at radius 2 is 1.89 bits per heavy atom. The molecular weight excluding hydrogens is 352 g/mol. The zero-order chi connectivity index (χ0) is 20.3. The number of carbonyl (C=O) groups excluding carboxylic acids is 3. The van der Waals surface area contributed by atoms with Crippen LogP contribution in [0.4, 0.5) is 4.79 Å². The SMILES string of the molecule is CC(C)(C)OC(=O)N[C@@H](CCC(=O)OCc1ccccc1)CC(=O)N=[N+]=[N-]. The number of amides is 2. The van der Waals surface area contributed by atoms with Gasteiger partial charge in [0.2, 0.25) is 5.91 Å². The van der Waals surface area contributed by atoms with Crippen molar-refractivity contribution in [1.82, 2.24) is 5.32 Å². The first-order valence-corrected chi connectivity index (χ1v) is 8.46. The number of hydrogen-bond acceptors (Lipinski definition) is 5. The van der Waals surface area contributed by atoms with E-state index in [1.807, 2.05) is 30.3 Å². The lowest BCUT2D eigenvalue weighted by Crippen LogP contribution is -2.40. The molecule has 0 spiro atoms. The molecule has 0 bridgehead atoms. The fourth-order valence-corrected chi connectivity index (χ4v) is 2.10. The Bertz CT molecular complexity index is 693. The molecule has 0 radical (unpaired) electrons. The average Bonchev–Trinajstić information content (AvgIpc) is 2.57. The van der Waals surface area contributed by atoms with Crippen LogP contribution in [0.5, 0.6) is 0 Å². The standard InChI is InChI=1S/C18H24N4O5/c1-18(2,3)27-17(25)20-14(11-15(23)21-22-19)9-10-16(24)26-12-13-7-5-4-6-8-13/h4-8,14H,9-12H2,1-3H3,(H,20,25)/t14-/m0/s1. The van der Waals surface area contributed by atoms with Crippen LogP contribution in [0.3, 0.4) is 0 Å². The number of ether oxygens (including phenoxy) is 2. The third-order valence-corrected chi connectivity index (χ3v) is 3.24. The predicted molar refractivity (Wildman–Crippen MR) is 97.4 cm³/mol. The molecule has 0 heterocycles. The monoisotopic (exact) mass is 376 g/mol. The lowest BCUT2D eigenvalue weighted by Gasteiger charge is -2.23. The zero-order valence-electron chi connectivity index (χ0n) is 15.7. The van der Waals surface area contributed by atoms with E-state index >= 15 is 0 Å². The fraction of sp³-hybridized carbons (Fsp3) is 0.500. The Kier molecular flexibility index (Phi) is 8.81. The quantitative estimate of drug-likeness (QED) is 0.320. The number of alkyl carbamates (subject to hydrolysis) is 1. The second-order valence-corrected chi connectivity index (χ2v) is 6.82. The Morgan fingerprint density at radius 3 is 2.48 bits per heavy atom. The maximum absolute atomic E-state index is 11.9. The van der Waals surface area contributed by atoms with Crippen LogP contribution in [0, 0.1) is 0 Å². The lowest BCUT2D eigenvalue weighted by molar-refractivity contribution is -0.145. The highest BCUT2D eigenvalue weighted by Gasteiger charge is 2.22. The van der Waals surface area contributed by atoms with Crippen LogP contribution < -0.4 is 5.32 Å². The smallest absolute Gasteiger partial charge is 0.407 e. The van der Waals surface area contributed by atoms with Crippen molar-refractivity contribution in [2.75, 3.05) is 0 Å². The van der Waals surface area contributed by atoms with Crippen molar-refractivity contribution < 1.29 is 23.9 Å². The summed E-state index contributed by atoms with van der Waals surface area (Å²) in [5, 5.41) is 5.50. The Morgan fingerprint density at radius 1 is 1.22 bits per heavy atom. The second-order valence-electron chi connectivity index (χ2n) is 6.82. The molecule has 0 saturated heterocycles. The van der Waals surface area contributed by atoms with E-state index in [0.29, 0.717) is 0 Å². The van der Waals surface area contributed by atoms with Gasteiger partial charge in [-0.2, -0.15) is 0 Å². The molecule has 0 aliphatic heterocycles. The molecule has 0 aromatic heterocycles. The summed E-state index contributed by atoms with van der Waals surface area (Å²) >= 11 is 0. The lowest BCUT2D eigenvalue weighted by atomic mass is 10.1. The number of esters is 1. The van der Waals surface area contributed by atoms with Crippen LogP contribution in [0.1, 0.15) is 45.6 Å². The van der Waals surface area contributed by atoms with Crippen LogP contribution in [-0.2, 0) is 25.7 Å². The molecule has 2 amide bonds. The van der Waals surface area contributed by atoms with Gasteiger partial charge < -0.3 is 14.8 Å². The summed E-state index contributed by atoms with van der Waals surface area (Å²) in [5.41, 5.74) is 8.48. The van der Waals surface area contributed by atoms with Crippen molar-refractivity contribution in [1.29, 1.82) is 0 Å². The molecule has 0 saturated carbocycles. The maximum atomic E-state index is 11.9. The highest BCUT2D eigenvalue weighted by Crippen LogP contribution is 2.11. The van der Waals surface area contributed by atoms with Crippen molar-refractivity contribution >= 4 is 18.0 Å². The number of rotatable bonds is 8. The first-order valence-electron chi connectivity index (χ1n) is 8.46. The van der Waals surface area contributed by atoms with Crippen molar-refractivity contribution in [3.63, 3.8) is 0 Å². The average molecular weight is 376 g/mol. The van der Waals surface area contributed by atoms with Gasteiger partial charge in [-0.05, 0) is 43.4 Å². The van der Waals surface area contributed by atoms with Crippen molar-refractivity contribution in [3.05, 3.63) is 46.3 Å². The number of nitrogens with one attached hydrogen (secondary N) is 1. The van der Waals surface area contributed by atoms with Crippen LogP contribution in [0.2, 0.25) is 0 Å². The first-order chi connectivity index (χ1) is 12.7. The molecule has 0 aliphatic carbocycles. The van der Waals surface area contributed by atoms with Crippen molar-refractivity contribution in [2.45, 2.75) is 58.3 Å². The Labute approximate surface area is 157 Å². The van der Waals surface area contributed by atoms with E-state index in [0.717, 1.165) is 5.56 Å². The number of nitrogens with zero attached hydrogens (tertiary/aromatic N) is 3. The number of hydrogen-bond donors (Lipinski definition) is 1. The Balaban J connectivity index is 2.56. The fourth-order valence-electron chi connectivity index (χ4n) is 2.10. The van der Waals surface area contributed by atoms with E-state index in [9.17, 15) is 14.4 Å². The van der Waals surface area contributed by atoms with E-state index in [2.05, 4.69) is 15.3 Å². The minimum atomic E-state index is -0.740. The number of carbonyl (C=O) groups is 3. The molecule has 0 unspecified atom stereocenters. The number of benzene rings is 1. The van der Waals surface area contributed by atoms with Gasteiger partial charge in [0, 0.05) is 23.8 Å². The molecule has 1 aromatic carbocycles. The summed E-state index contributed by atoms with van der Waals surface area (Å²) < 4.78 is 10.3. The molecule has 1 aromatic rings. The predicted octanol–water partition coefficient (Wildman–Crippen LogP) is 3.63. The minimum absolute atomic E-state index is 0.0170. The molecular formula is C18H24N4O5. The summed E-state index contributed by atoms with van der Waals surface area (Å²) in [6, 6.07) is 8.48. The van der Waals surface area contributed by atoms with Gasteiger partial charge in [-0.3, -0.25) is 9.59 Å². The van der Waals surface area contributed by atoms with Gasteiger partial charge in [0.05, 0.1) is 0 Å². The first kappa shape index (κ1) is 22.0. The van der Waals surface area contributed by atoms with E-state index in [1.165, 1.54) is 0 Å². The van der Waals surface area contributed by atoms with E-state index in [4.69, 9.17) is 15.0 Å². The molecule has 1 N–H and O–H groups in total. The molecule has 0 aliphatic rings. The highest BCUT2D eigenvalue weighted by molar-refractivity contribution is 5.78. The zero-order valence-corrected chi connectivity index (χ0v) is 15.7. The molecule has 9 heteroatoms. The molecule has 146 valence electrons. The van der Waals surface area contributed by atoms with Gasteiger partial charge in [0.1, 0.15) is 12.2 Å². The minimum Gasteiger partial charge on any atom is -0.461 e. The summed E-state index contributed by atoms with van der Waals surface area (Å²) in [7, 11) is 0. The maximum Gasteiger partial charge on any atom is 0.407 e. The summed E-state index contributed by atoms with van der Waals surface area (Å²) in [5.74, 6) is -1.21. The van der Waals surface area contributed by atoms with Crippen molar-refractivity contribution in [2.24, 2.45) is 5.11 Å². The summed E-state index contributed by atoms with van der Waals surface area (Å²) in [6.07, 6.45) is -0.843. The summed E-state index contributed by atoms with van der Waals surface area (Å²) in [4.78, 5) is 37.8. The summed E-state index contributed by atoms with van der Waals surface area (Å²) in [6.45, 7) is 5.25. The largest absolute Gasteiger partial charge is 0.461 e. The topological polar surface area (TPSA) is 130 Å². The molecule has 0 fully saturated rings. The molecule has 27 heavy (non-hydrogen) atoms. The van der Waals surface area contributed by atoms with E-state index in [1.54, 1.807) is 20.8 Å². The van der Waals surface area contributed by atoms with E-state index in [-0.39, 0.29) is 25.9 Å². The Hall–Kier alpha value is -3.06. The van der Waals surface area contributed by atoms with Crippen LogP contribution >= 0.6 is 0 Å². The van der Waals surface area contributed by atoms with Gasteiger partial charge in [-0.25, -0.2) is 4.79 Å². The van der Waals surface area contributed by atoms with Gasteiger partial charge in [0.15, 0.2) is 0 Å². The van der Waals surface area contributed by atoms with Crippen LogP contribution in [-0.4, -0.2) is 29.6 Å². The number of azide groups is 1. The third-order valence-electron chi connectivity index (χ3n) is 3.24. The van der Waals surface area contributed by atoms with Gasteiger partial charge in [0.25, 0.3) is 0 Å². The van der Waals surface area contributed by atoms with Gasteiger partial charge in [-0.15, -0.1) is 0 Å². The van der Waals surface area contributed by atoms with Gasteiger partial charge in [-0.1, -0.05) is 30.3 Å². The van der Waals surface area contributed by atoms with Crippen molar-refractivity contribution in [3.8, 4) is 0 Å². The van der Waals surface area contributed by atoms with Crippen LogP contribution in [0.25, 0.3) is 10.4 Å². The normalized spacial score (nSPS) is 11.7. The van der Waals surface area contributed by atoms with Crippen LogP contribution in [0.15, 0.2) is 35.4 Å². The molecule has 1 atom stereocenters.